The van der Waals surface area contributed by atoms with E-state index in [9.17, 15) is 13.2 Å². The number of nitrogens with zero attached hydrogens (tertiary/aromatic N) is 1. The molecular formula is C19H24ClN3O3S. The van der Waals surface area contributed by atoms with Crippen LogP contribution in [0.25, 0.3) is 0 Å². The minimum atomic E-state index is -3.56. The fourth-order valence-electron chi connectivity index (χ4n) is 3.17. The highest BCUT2D eigenvalue weighted by atomic mass is 35.5. The third kappa shape index (κ3) is 4.68. The van der Waals surface area contributed by atoms with Crippen LogP contribution >= 0.6 is 12.4 Å². The molecule has 146 valence electrons. The summed E-state index contributed by atoms with van der Waals surface area (Å²) in [5.41, 5.74) is 8.71. The number of halogens is 1. The van der Waals surface area contributed by atoms with Crippen LogP contribution in [0.5, 0.6) is 0 Å². The number of nitrogens with two attached hydrogens (primary N) is 1. The Bertz CT molecular complexity index is 904. The quantitative estimate of drug-likeness (QED) is 0.766. The number of carbonyl (C=O) groups is 1. The van der Waals surface area contributed by atoms with E-state index in [1.54, 1.807) is 30.0 Å². The van der Waals surface area contributed by atoms with Crippen LogP contribution in [-0.2, 0) is 21.2 Å². The average molecular weight is 410 g/mol. The van der Waals surface area contributed by atoms with E-state index in [1.165, 1.54) is 0 Å². The number of anilines is 1. The summed E-state index contributed by atoms with van der Waals surface area (Å²) in [6, 6.07) is 14.0. The van der Waals surface area contributed by atoms with Crippen LogP contribution in [0.15, 0.2) is 53.4 Å². The molecule has 0 saturated carbocycles. The van der Waals surface area contributed by atoms with E-state index in [0.717, 1.165) is 11.1 Å². The van der Waals surface area contributed by atoms with E-state index >= 15 is 0 Å². The van der Waals surface area contributed by atoms with Crippen LogP contribution in [0.3, 0.4) is 0 Å². The summed E-state index contributed by atoms with van der Waals surface area (Å²) >= 11 is 0. The third-order valence-corrected chi connectivity index (χ3v) is 6.06. The van der Waals surface area contributed by atoms with Crippen molar-refractivity contribution in [1.29, 1.82) is 0 Å². The zero-order valence-corrected chi connectivity index (χ0v) is 16.7. The topological polar surface area (TPSA) is 92.5 Å². The lowest BCUT2D eigenvalue weighted by Gasteiger charge is -2.20. The molecule has 3 rings (SSSR count). The molecule has 0 spiro atoms. The minimum Gasteiger partial charge on any atom is -0.324 e. The molecule has 2 aromatic carbocycles. The van der Waals surface area contributed by atoms with Crippen LogP contribution < -0.4 is 15.4 Å². The van der Waals surface area contributed by atoms with Crippen molar-refractivity contribution in [1.82, 2.24) is 4.72 Å². The molecule has 1 unspecified atom stereocenters. The summed E-state index contributed by atoms with van der Waals surface area (Å²) in [7, 11) is -3.56. The standard InChI is InChI=1S/C19H23N3O3S.ClH/c1-2-21-26(24,25)16-9-8-15-10-11-22(18(15)12-16)19(23)13-17(20)14-6-4-3-5-7-14;/h3-9,12,17,21H,2,10-11,13,20H2,1H3;1H. The Hall–Kier alpha value is -1.93. The van der Waals surface area contributed by atoms with Gasteiger partial charge in [0.2, 0.25) is 15.9 Å². The molecule has 3 N–H and O–H groups in total. The maximum absolute atomic E-state index is 12.8. The monoisotopic (exact) mass is 409 g/mol. The Morgan fingerprint density at radius 1 is 1.22 bits per heavy atom. The van der Waals surface area contributed by atoms with Crippen LogP contribution in [-0.4, -0.2) is 27.4 Å². The molecule has 8 heteroatoms. The summed E-state index contributed by atoms with van der Waals surface area (Å²) < 4.78 is 26.9. The molecule has 0 fully saturated rings. The van der Waals surface area contributed by atoms with Gasteiger partial charge in [-0.1, -0.05) is 43.3 Å². The van der Waals surface area contributed by atoms with Gasteiger partial charge in [-0.15, -0.1) is 12.4 Å². The van der Waals surface area contributed by atoms with Gasteiger partial charge in [0.25, 0.3) is 0 Å². The molecular weight excluding hydrogens is 386 g/mol. The van der Waals surface area contributed by atoms with Gasteiger partial charge in [-0.3, -0.25) is 4.79 Å². The molecule has 1 aliphatic heterocycles. The van der Waals surface area contributed by atoms with Gasteiger partial charge in [-0.25, -0.2) is 13.1 Å². The second-order valence-corrected chi connectivity index (χ2v) is 8.08. The molecule has 27 heavy (non-hydrogen) atoms. The van der Waals surface area contributed by atoms with Crippen LogP contribution in [0.2, 0.25) is 0 Å². The van der Waals surface area contributed by atoms with Crippen molar-refractivity contribution in [3.05, 3.63) is 59.7 Å². The molecule has 2 aromatic rings. The van der Waals surface area contributed by atoms with Gasteiger partial charge in [0.1, 0.15) is 0 Å². The smallest absolute Gasteiger partial charge is 0.240 e. The fourth-order valence-corrected chi connectivity index (χ4v) is 4.24. The molecule has 0 aliphatic carbocycles. The predicted octanol–water partition coefficient (Wildman–Crippen LogP) is 2.39. The molecule has 1 aliphatic rings. The zero-order valence-electron chi connectivity index (χ0n) is 15.1. The van der Waals surface area contributed by atoms with E-state index in [0.29, 0.717) is 25.2 Å². The maximum atomic E-state index is 12.8. The van der Waals surface area contributed by atoms with Gasteiger partial charge in [0, 0.05) is 31.2 Å². The van der Waals surface area contributed by atoms with E-state index in [2.05, 4.69) is 4.72 Å². The number of hydrogen-bond acceptors (Lipinski definition) is 4. The Morgan fingerprint density at radius 3 is 2.59 bits per heavy atom. The molecule has 0 aromatic heterocycles. The van der Waals surface area contributed by atoms with Crippen molar-refractivity contribution in [2.45, 2.75) is 30.7 Å². The van der Waals surface area contributed by atoms with E-state index in [-0.39, 0.29) is 35.7 Å². The third-order valence-electron chi connectivity index (χ3n) is 4.52. The number of carbonyl (C=O) groups excluding carboxylic acids is 1. The number of rotatable bonds is 6. The van der Waals surface area contributed by atoms with Gasteiger partial charge in [0.15, 0.2) is 0 Å². The summed E-state index contributed by atoms with van der Waals surface area (Å²) in [4.78, 5) is 14.6. The number of amides is 1. The SMILES string of the molecule is CCNS(=O)(=O)c1ccc2c(c1)N(C(=O)CC(N)c1ccccc1)CC2.Cl. The summed E-state index contributed by atoms with van der Waals surface area (Å²) in [6.07, 6.45) is 0.886. The molecule has 0 radical (unpaired) electrons. The van der Waals surface area contributed by atoms with Crippen LogP contribution in [0.1, 0.15) is 30.5 Å². The van der Waals surface area contributed by atoms with Crippen LogP contribution in [0.4, 0.5) is 5.69 Å². The first-order chi connectivity index (χ1) is 12.4. The first kappa shape index (κ1) is 21.4. The van der Waals surface area contributed by atoms with Gasteiger partial charge < -0.3 is 10.6 Å². The molecule has 1 atom stereocenters. The zero-order chi connectivity index (χ0) is 18.7. The maximum Gasteiger partial charge on any atom is 0.240 e. The second-order valence-electron chi connectivity index (χ2n) is 6.31. The molecule has 0 bridgehead atoms. The summed E-state index contributed by atoms with van der Waals surface area (Å²) in [5.74, 6) is -0.0990. The Kier molecular flexibility index (Phi) is 7.00. The normalized spacial score (nSPS) is 14.4. The van der Waals surface area contributed by atoms with E-state index < -0.39 is 10.0 Å². The van der Waals surface area contributed by atoms with E-state index in [4.69, 9.17) is 5.73 Å². The van der Waals surface area contributed by atoms with Crippen LogP contribution in [0, 0.1) is 0 Å². The molecule has 1 heterocycles. The second kappa shape index (κ2) is 8.84. The van der Waals surface area contributed by atoms with Crippen molar-refractivity contribution in [2.24, 2.45) is 5.73 Å². The number of benzene rings is 2. The highest BCUT2D eigenvalue weighted by molar-refractivity contribution is 7.89. The van der Waals surface area contributed by atoms with E-state index in [1.807, 2.05) is 30.3 Å². The number of hydrogen-bond donors (Lipinski definition) is 2. The van der Waals surface area contributed by atoms with Crippen molar-refractivity contribution < 1.29 is 13.2 Å². The lowest BCUT2D eigenvalue weighted by atomic mass is 10.0. The largest absolute Gasteiger partial charge is 0.324 e. The van der Waals surface area contributed by atoms with Gasteiger partial charge >= 0.3 is 0 Å². The molecule has 1 amide bonds. The average Bonchev–Trinajstić information content (AvgIpc) is 3.05. The van der Waals surface area contributed by atoms with Gasteiger partial charge in [-0.2, -0.15) is 0 Å². The fraction of sp³-hybridized carbons (Fsp3) is 0.316. The predicted molar refractivity (Wildman–Crippen MR) is 109 cm³/mol. The molecule has 0 saturated heterocycles. The van der Waals surface area contributed by atoms with Gasteiger partial charge in [-0.05, 0) is 29.7 Å². The van der Waals surface area contributed by atoms with Crippen molar-refractivity contribution in [3.8, 4) is 0 Å². The molecule has 6 nitrogen and oxygen atoms in total. The highest BCUT2D eigenvalue weighted by Crippen LogP contribution is 2.31. The highest BCUT2D eigenvalue weighted by Gasteiger charge is 2.28. The lowest BCUT2D eigenvalue weighted by molar-refractivity contribution is -0.118. The van der Waals surface area contributed by atoms with Crippen molar-refractivity contribution in [2.75, 3.05) is 18.0 Å². The lowest BCUT2D eigenvalue weighted by Crippen LogP contribution is -2.32. The van der Waals surface area contributed by atoms with Crippen molar-refractivity contribution >= 4 is 34.0 Å². The summed E-state index contributed by atoms with van der Waals surface area (Å²) in [6.45, 7) is 2.58. The Labute approximate surface area is 166 Å². The number of nitrogens with one attached hydrogen (secondary N) is 1. The van der Waals surface area contributed by atoms with Gasteiger partial charge in [0.05, 0.1) is 4.90 Å². The Balaban J connectivity index is 0.00000261. The number of sulfonamides is 1. The first-order valence-corrected chi connectivity index (χ1v) is 10.1. The summed E-state index contributed by atoms with van der Waals surface area (Å²) in [5, 5.41) is 0. The minimum absolute atomic E-state index is 0. The Morgan fingerprint density at radius 2 is 1.93 bits per heavy atom. The number of fused-ring (bicyclic) bond motifs is 1. The first-order valence-electron chi connectivity index (χ1n) is 8.66. The van der Waals surface area contributed by atoms with Crippen molar-refractivity contribution in [3.63, 3.8) is 0 Å².